The summed E-state index contributed by atoms with van der Waals surface area (Å²) in [4.78, 5) is 12.3. The van der Waals surface area contributed by atoms with E-state index >= 15 is 0 Å². The van der Waals surface area contributed by atoms with Gasteiger partial charge in [0, 0.05) is 5.69 Å². The number of nitrogens with one attached hydrogen (secondary N) is 1. The summed E-state index contributed by atoms with van der Waals surface area (Å²) in [5.74, 6) is -0.433. The summed E-state index contributed by atoms with van der Waals surface area (Å²) in [6.07, 6.45) is -5.18. The molecule has 134 valence electrons. The second-order valence-corrected chi connectivity index (χ2v) is 5.41. The van der Waals surface area contributed by atoms with Crippen LogP contribution in [0.15, 0.2) is 48.5 Å². The van der Waals surface area contributed by atoms with Gasteiger partial charge in [-0.05, 0) is 42.8 Å². The monoisotopic (exact) mass is 373 g/mol. The highest BCUT2D eigenvalue weighted by Gasteiger charge is 2.31. The molecule has 0 unspecified atom stereocenters. The van der Waals surface area contributed by atoms with Crippen molar-refractivity contribution < 1.29 is 27.4 Å². The van der Waals surface area contributed by atoms with Crippen LogP contribution < -0.4 is 14.8 Å². The van der Waals surface area contributed by atoms with Crippen LogP contribution in [0.5, 0.6) is 11.5 Å². The van der Waals surface area contributed by atoms with Crippen LogP contribution in [0.3, 0.4) is 0 Å². The van der Waals surface area contributed by atoms with E-state index in [9.17, 15) is 18.0 Å². The largest absolute Gasteiger partial charge is 0.573 e. The van der Waals surface area contributed by atoms with Crippen molar-refractivity contribution in [3.63, 3.8) is 0 Å². The van der Waals surface area contributed by atoms with Gasteiger partial charge in [-0.3, -0.25) is 4.79 Å². The van der Waals surface area contributed by atoms with E-state index in [1.165, 1.54) is 12.1 Å². The third-order valence-corrected chi connectivity index (χ3v) is 3.44. The Morgan fingerprint density at radius 1 is 1.16 bits per heavy atom. The average molecular weight is 374 g/mol. The lowest BCUT2D eigenvalue weighted by molar-refractivity contribution is -0.274. The first-order chi connectivity index (χ1) is 11.8. The van der Waals surface area contributed by atoms with Gasteiger partial charge in [0.1, 0.15) is 11.5 Å². The van der Waals surface area contributed by atoms with Crippen LogP contribution in [0.1, 0.15) is 13.3 Å². The van der Waals surface area contributed by atoms with Crippen LogP contribution in [-0.4, -0.2) is 18.4 Å². The smallest absolute Gasteiger partial charge is 0.479 e. The van der Waals surface area contributed by atoms with Crippen LogP contribution in [0.4, 0.5) is 18.9 Å². The van der Waals surface area contributed by atoms with Gasteiger partial charge in [-0.25, -0.2) is 0 Å². The van der Waals surface area contributed by atoms with E-state index in [4.69, 9.17) is 16.3 Å². The molecular weight excluding hydrogens is 359 g/mol. The van der Waals surface area contributed by atoms with E-state index in [1.807, 2.05) is 0 Å². The Labute approximate surface area is 147 Å². The molecule has 8 heteroatoms. The Balaban J connectivity index is 2.00. The minimum atomic E-state index is -4.76. The second-order valence-electron chi connectivity index (χ2n) is 5.01. The van der Waals surface area contributed by atoms with Crippen molar-refractivity contribution in [3.05, 3.63) is 53.6 Å². The molecule has 2 aromatic rings. The van der Waals surface area contributed by atoms with E-state index in [0.717, 1.165) is 12.1 Å². The van der Waals surface area contributed by atoms with Crippen molar-refractivity contribution in [1.29, 1.82) is 0 Å². The molecule has 25 heavy (non-hydrogen) atoms. The number of hydrogen-bond acceptors (Lipinski definition) is 3. The van der Waals surface area contributed by atoms with Crippen LogP contribution in [0, 0.1) is 0 Å². The van der Waals surface area contributed by atoms with Crippen molar-refractivity contribution in [2.24, 2.45) is 0 Å². The number of hydrogen-bond donors (Lipinski definition) is 1. The number of carbonyl (C=O) groups is 1. The quantitative estimate of drug-likeness (QED) is 0.772. The lowest BCUT2D eigenvalue weighted by Crippen LogP contribution is -2.32. The summed E-state index contributed by atoms with van der Waals surface area (Å²) in [5.41, 5.74) is 0.320. The molecule has 0 saturated carbocycles. The predicted octanol–water partition coefficient (Wildman–Crippen LogP) is 5.03. The van der Waals surface area contributed by atoms with E-state index in [1.54, 1.807) is 31.2 Å². The topological polar surface area (TPSA) is 47.6 Å². The third kappa shape index (κ3) is 5.86. The second kappa shape index (κ2) is 8.11. The number of para-hydroxylation sites is 1. The molecule has 1 atom stereocenters. The first kappa shape index (κ1) is 18.9. The Hall–Kier alpha value is -2.41. The number of carbonyl (C=O) groups excluding carboxylic acids is 1. The normalized spacial score (nSPS) is 12.4. The molecule has 0 fully saturated rings. The zero-order chi connectivity index (χ0) is 18.4. The van der Waals surface area contributed by atoms with Crippen molar-refractivity contribution in [2.45, 2.75) is 25.8 Å². The molecule has 0 bridgehead atoms. The van der Waals surface area contributed by atoms with Crippen LogP contribution >= 0.6 is 11.6 Å². The number of alkyl halides is 3. The summed E-state index contributed by atoms with van der Waals surface area (Å²) in [6.45, 7) is 1.77. The number of benzene rings is 2. The van der Waals surface area contributed by atoms with Gasteiger partial charge in [0.15, 0.2) is 6.10 Å². The fraction of sp³-hybridized carbons (Fsp3) is 0.235. The Bertz CT molecular complexity index is 720. The zero-order valence-corrected chi connectivity index (χ0v) is 13.9. The third-order valence-electron chi connectivity index (χ3n) is 3.12. The van der Waals surface area contributed by atoms with Gasteiger partial charge in [-0.15, -0.1) is 13.2 Å². The first-order valence-corrected chi connectivity index (χ1v) is 7.74. The highest BCUT2D eigenvalue weighted by molar-refractivity contribution is 6.32. The van der Waals surface area contributed by atoms with Gasteiger partial charge in [0.25, 0.3) is 5.91 Å². The van der Waals surface area contributed by atoms with E-state index in [0.29, 0.717) is 22.9 Å². The first-order valence-electron chi connectivity index (χ1n) is 7.36. The molecule has 0 aliphatic rings. The molecule has 0 aliphatic carbocycles. The number of ether oxygens (including phenoxy) is 2. The number of amides is 1. The highest BCUT2D eigenvalue weighted by atomic mass is 35.5. The summed E-state index contributed by atoms with van der Waals surface area (Å²) in [6, 6.07) is 11.6. The molecule has 2 rings (SSSR count). The Morgan fingerprint density at radius 2 is 1.80 bits per heavy atom. The molecule has 1 N–H and O–H groups in total. The minimum Gasteiger partial charge on any atom is -0.479 e. The summed E-state index contributed by atoms with van der Waals surface area (Å²) < 4.78 is 45.7. The van der Waals surface area contributed by atoms with Crippen molar-refractivity contribution in [3.8, 4) is 11.5 Å². The molecule has 0 radical (unpaired) electrons. The van der Waals surface area contributed by atoms with Gasteiger partial charge in [0.2, 0.25) is 0 Å². The lowest BCUT2D eigenvalue weighted by atomic mass is 10.2. The average Bonchev–Trinajstić information content (AvgIpc) is 2.54. The van der Waals surface area contributed by atoms with Gasteiger partial charge >= 0.3 is 6.36 Å². The maximum Gasteiger partial charge on any atom is 0.573 e. The molecule has 0 aliphatic heterocycles. The summed E-state index contributed by atoms with van der Waals surface area (Å²) in [5, 5.41) is 2.96. The van der Waals surface area contributed by atoms with Crippen molar-refractivity contribution >= 4 is 23.2 Å². The summed E-state index contributed by atoms with van der Waals surface area (Å²) >= 11 is 6.00. The zero-order valence-electron chi connectivity index (χ0n) is 13.1. The van der Waals surface area contributed by atoms with Crippen LogP contribution in [0.2, 0.25) is 5.02 Å². The van der Waals surface area contributed by atoms with E-state index in [2.05, 4.69) is 10.1 Å². The maximum atomic E-state index is 12.3. The fourth-order valence-electron chi connectivity index (χ4n) is 1.98. The summed E-state index contributed by atoms with van der Waals surface area (Å²) in [7, 11) is 0. The molecule has 2 aromatic carbocycles. The predicted molar refractivity (Wildman–Crippen MR) is 87.9 cm³/mol. The van der Waals surface area contributed by atoms with Gasteiger partial charge in [-0.2, -0.15) is 0 Å². The van der Waals surface area contributed by atoms with Crippen LogP contribution in [-0.2, 0) is 4.79 Å². The molecule has 0 aromatic heterocycles. The molecule has 0 spiro atoms. The highest BCUT2D eigenvalue weighted by Crippen LogP contribution is 2.26. The minimum absolute atomic E-state index is 0.320. The van der Waals surface area contributed by atoms with Gasteiger partial charge in [-0.1, -0.05) is 30.7 Å². The van der Waals surface area contributed by atoms with Gasteiger partial charge in [0.05, 0.1) is 5.02 Å². The van der Waals surface area contributed by atoms with Crippen molar-refractivity contribution in [2.75, 3.05) is 5.32 Å². The van der Waals surface area contributed by atoms with Gasteiger partial charge < -0.3 is 14.8 Å². The Morgan fingerprint density at radius 3 is 2.36 bits per heavy atom. The fourth-order valence-corrected chi connectivity index (χ4v) is 2.16. The molecular formula is C17H15ClF3NO3. The molecule has 0 saturated heterocycles. The molecule has 1 amide bonds. The van der Waals surface area contributed by atoms with E-state index < -0.39 is 18.4 Å². The van der Waals surface area contributed by atoms with E-state index in [-0.39, 0.29) is 5.75 Å². The standard InChI is InChI=1S/C17H15ClF3NO3/c1-2-14(24-15-6-4-3-5-13(15)18)16(23)22-11-7-9-12(10-8-11)25-17(19,20)21/h3-10,14H,2H2,1H3,(H,22,23)/t14-/m0/s1. The van der Waals surface area contributed by atoms with Crippen molar-refractivity contribution in [1.82, 2.24) is 0 Å². The Kier molecular flexibility index (Phi) is 6.14. The number of anilines is 1. The lowest BCUT2D eigenvalue weighted by Gasteiger charge is -2.18. The molecule has 0 heterocycles. The maximum absolute atomic E-state index is 12.3. The number of halogens is 4. The molecule has 4 nitrogen and oxygen atoms in total. The number of rotatable bonds is 6. The van der Waals surface area contributed by atoms with Crippen LogP contribution in [0.25, 0.3) is 0 Å². The SMILES string of the molecule is CC[C@H](Oc1ccccc1Cl)C(=O)Nc1ccc(OC(F)(F)F)cc1.